The Hall–Kier alpha value is -2.21. The SMILES string of the molecule is CNCC(C)C(=O)Nc1cccc(Cn2cncn2)c1. The number of benzene rings is 1. The molecule has 0 radical (unpaired) electrons. The Morgan fingerprint density at radius 2 is 2.30 bits per heavy atom. The second-order valence-corrected chi connectivity index (χ2v) is 4.74. The Bertz CT molecular complexity index is 552. The highest BCUT2D eigenvalue weighted by atomic mass is 16.1. The van der Waals surface area contributed by atoms with Gasteiger partial charge < -0.3 is 10.6 Å². The monoisotopic (exact) mass is 273 g/mol. The van der Waals surface area contributed by atoms with Crippen LogP contribution >= 0.6 is 0 Å². The fourth-order valence-corrected chi connectivity index (χ4v) is 1.91. The fourth-order valence-electron chi connectivity index (χ4n) is 1.91. The van der Waals surface area contributed by atoms with Gasteiger partial charge in [-0.15, -0.1) is 0 Å². The number of carbonyl (C=O) groups excluding carboxylic acids is 1. The van der Waals surface area contributed by atoms with Gasteiger partial charge in [-0.1, -0.05) is 19.1 Å². The molecule has 1 atom stereocenters. The summed E-state index contributed by atoms with van der Waals surface area (Å²) in [5.41, 5.74) is 1.87. The number of carbonyl (C=O) groups is 1. The number of hydrogen-bond acceptors (Lipinski definition) is 4. The quantitative estimate of drug-likeness (QED) is 0.827. The number of hydrogen-bond donors (Lipinski definition) is 2. The lowest BCUT2D eigenvalue weighted by atomic mass is 10.1. The predicted octanol–water partition coefficient (Wildman–Crippen LogP) is 1.12. The summed E-state index contributed by atoms with van der Waals surface area (Å²) in [5.74, 6) is -0.0590. The van der Waals surface area contributed by atoms with Gasteiger partial charge in [0.05, 0.1) is 6.54 Å². The second kappa shape index (κ2) is 6.81. The molecule has 2 N–H and O–H groups in total. The number of amides is 1. The van der Waals surface area contributed by atoms with E-state index >= 15 is 0 Å². The van der Waals surface area contributed by atoms with E-state index in [0.717, 1.165) is 11.3 Å². The third kappa shape index (κ3) is 3.89. The van der Waals surface area contributed by atoms with E-state index in [2.05, 4.69) is 20.7 Å². The minimum Gasteiger partial charge on any atom is -0.326 e. The van der Waals surface area contributed by atoms with Crippen LogP contribution in [0.2, 0.25) is 0 Å². The molecule has 2 rings (SSSR count). The largest absolute Gasteiger partial charge is 0.326 e. The van der Waals surface area contributed by atoms with E-state index in [-0.39, 0.29) is 11.8 Å². The van der Waals surface area contributed by atoms with Gasteiger partial charge in [0, 0.05) is 18.2 Å². The first-order valence-electron chi connectivity index (χ1n) is 6.56. The number of nitrogens with zero attached hydrogens (tertiary/aromatic N) is 3. The van der Waals surface area contributed by atoms with Crippen LogP contribution in [-0.4, -0.2) is 34.3 Å². The zero-order valence-electron chi connectivity index (χ0n) is 11.7. The Morgan fingerprint density at radius 3 is 3.00 bits per heavy atom. The zero-order valence-corrected chi connectivity index (χ0v) is 11.7. The van der Waals surface area contributed by atoms with Crippen LogP contribution < -0.4 is 10.6 Å². The number of nitrogens with one attached hydrogen (secondary N) is 2. The maximum atomic E-state index is 12.0. The molecule has 0 saturated heterocycles. The molecule has 0 spiro atoms. The molecule has 106 valence electrons. The van der Waals surface area contributed by atoms with Gasteiger partial charge in [0.15, 0.2) is 0 Å². The van der Waals surface area contributed by atoms with Crippen LogP contribution in [0.5, 0.6) is 0 Å². The lowest BCUT2D eigenvalue weighted by Crippen LogP contribution is -2.28. The molecule has 6 nitrogen and oxygen atoms in total. The summed E-state index contributed by atoms with van der Waals surface area (Å²) < 4.78 is 1.74. The van der Waals surface area contributed by atoms with Gasteiger partial charge >= 0.3 is 0 Å². The molecular formula is C14H19N5O. The number of anilines is 1. The van der Waals surface area contributed by atoms with Gasteiger partial charge in [-0.2, -0.15) is 5.10 Å². The minimum absolute atomic E-state index is 0.0113. The summed E-state index contributed by atoms with van der Waals surface area (Å²) >= 11 is 0. The van der Waals surface area contributed by atoms with E-state index in [1.165, 1.54) is 6.33 Å². The molecule has 1 aromatic heterocycles. The summed E-state index contributed by atoms with van der Waals surface area (Å²) in [7, 11) is 1.84. The van der Waals surface area contributed by atoms with Crippen molar-refractivity contribution < 1.29 is 4.79 Å². The van der Waals surface area contributed by atoms with Gasteiger partial charge in [0.2, 0.25) is 5.91 Å². The van der Waals surface area contributed by atoms with E-state index in [1.807, 2.05) is 38.2 Å². The first-order chi connectivity index (χ1) is 9.69. The zero-order chi connectivity index (χ0) is 14.4. The van der Waals surface area contributed by atoms with E-state index in [9.17, 15) is 4.79 Å². The molecule has 0 aliphatic carbocycles. The van der Waals surface area contributed by atoms with Crippen LogP contribution in [0.25, 0.3) is 0 Å². The molecule has 0 fully saturated rings. The predicted molar refractivity (Wildman–Crippen MR) is 77.3 cm³/mol. The third-order valence-corrected chi connectivity index (χ3v) is 2.96. The summed E-state index contributed by atoms with van der Waals surface area (Å²) in [6, 6.07) is 7.75. The highest BCUT2D eigenvalue weighted by Crippen LogP contribution is 2.12. The van der Waals surface area contributed by atoms with E-state index in [4.69, 9.17) is 0 Å². The van der Waals surface area contributed by atoms with Crippen LogP contribution in [0, 0.1) is 5.92 Å². The molecular weight excluding hydrogens is 254 g/mol. The normalized spacial score (nSPS) is 12.1. The fraction of sp³-hybridized carbons (Fsp3) is 0.357. The molecule has 20 heavy (non-hydrogen) atoms. The molecule has 0 aliphatic rings. The topological polar surface area (TPSA) is 71.8 Å². The minimum atomic E-state index is -0.0704. The van der Waals surface area contributed by atoms with Crippen molar-refractivity contribution in [2.45, 2.75) is 13.5 Å². The van der Waals surface area contributed by atoms with Crippen LogP contribution in [0.3, 0.4) is 0 Å². The Labute approximate surface area is 118 Å². The van der Waals surface area contributed by atoms with Crippen LogP contribution in [0.15, 0.2) is 36.9 Å². The summed E-state index contributed by atoms with van der Waals surface area (Å²) in [4.78, 5) is 15.9. The summed E-state index contributed by atoms with van der Waals surface area (Å²) in [6.07, 6.45) is 3.17. The van der Waals surface area contributed by atoms with Crippen molar-refractivity contribution in [3.8, 4) is 0 Å². The molecule has 1 aromatic carbocycles. The average molecular weight is 273 g/mol. The van der Waals surface area contributed by atoms with Gasteiger partial charge in [0.25, 0.3) is 0 Å². The van der Waals surface area contributed by atoms with Crippen LogP contribution in [0.4, 0.5) is 5.69 Å². The van der Waals surface area contributed by atoms with E-state index in [0.29, 0.717) is 13.1 Å². The van der Waals surface area contributed by atoms with E-state index < -0.39 is 0 Å². The van der Waals surface area contributed by atoms with Crippen LogP contribution in [-0.2, 0) is 11.3 Å². The average Bonchev–Trinajstić information content (AvgIpc) is 2.92. The Morgan fingerprint density at radius 1 is 1.45 bits per heavy atom. The Balaban J connectivity index is 2.00. The molecule has 0 bridgehead atoms. The lowest BCUT2D eigenvalue weighted by molar-refractivity contribution is -0.119. The maximum absolute atomic E-state index is 12.0. The van der Waals surface area contributed by atoms with Crippen molar-refractivity contribution in [1.82, 2.24) is 20.1 Å². The second-order valence-electron chi connectivity index (χ2n) is 4.74. The molecule has 1 heterocycles. The highest BCUT2D eigenvalue weighted by molar-refractivity contribution is 5.92. The van der Waals surface area contributed by atoms with Gasteiger partial charge in [-0.3, -0.25) is 4.79 Å². The van der Waals surface area contributed by atoms with Crippen LogP contribution in [0.1, 0.15) is 12.5 Å². The molecule has 1 amide bonds. The van der Waals surface area contributed by atoms with Crippen molar-refractivity contribution in [1.29, 1.82) is 0 Å². The van der Waals surface area contributed by atoms with E-state index in [1.54, 1.807) is 11.0 Å². The number of aromatic nitrogens is 3. The van der Waals surface area contributed by atoms with Gasteiger partial charge in [-0.05, 0) is 24.7 Å². The van der Waals surface area contributed by atoms with Crippen molar-refractivity contribution in [3.63, 3.8) is 0 Å². The van der Waals surface area contributed by atoms with Crippen molar-refractivity contribution in [3.05, 3.63) is 42.5 Å². The first-order valence-corrected chi connectivity index (χ1v) is 6.56. The van der Waals surface area contributed by atoms with Gasteiger partial charge in [0.1, 0.15) is 12.7 Å². The summed E-state index contributed by atoms with van der Waals surface area (Å²) in [5, 5.41) is 9.98. The van der Waals surface area contributed by atoms with Crippen molar-refractivity contribution >= 4 is 11.6 Å². The Kier molecular flexibility index (Phi) is 4.84. The molecule has 6 heteroatoms. The highest BCUT2D eigenvalue weighted by Gasteiger charge is 2.11. The maximum Gasteiger partial charge on any atom is 0.228 e. The third-order valence-electron chi connectivity index (χ3n) is 2.96. The van der Waals surface area contributed by atoms with Crippen molar-refractivity contribution in [2.24, 2.45) is 5.92 Å². The molecule has 0 aliphatic heterocycles. The van der Waals surface area contributed by atoms with Gasteiger partial charge in [-0.25, -0.2) is 9.67 Å². The smallest absolute Gasteiger partial charge is 0.228 e. The van der Waals surface area contributed by atoms with Crippen molar-refractivity contribution in [2.75, 3.05) is 18.9 Å². The molecule has 0 saturated carbocycles. The lowest BCUT2D eigenvalue weighted by Gasteiger charge is -2.12. The molecule has 2 aromatic rings. The summed E-state index contributed by atoms with van der Waals surface area (Å²) in [6.45, 7) is 3.19. The standard InChI is InChI=1S/C14H19N5O/c1-11(7-15-2)14(20)18-13-5-3-4-12(6-13)8-19-10-16-9-17-19/h3-6,9-11,15H,7-8H2,1-2H3,(H,18,20). The molecule has 1 unspecified atom stereocenters. The number of rotatable bonds is 6. The first kappa shape index (κ1) is 14.2.